The lowest BCUT2D eigenvalue weighted by Gasteiger charge is -2.27. The number of nitrogens with zero attached hydrogens (tertiary/aromatic N) is 1. The Morgan fingerprint density at radius 2 is 1.66 bits per heavy atom. The number of rotatable bonds is 7. The Bertz CT molecular complexity index is 1300. The van der Waals surface area contributed by atoms with Crippen molar-refractivity contribution < 1.29 is 40.7 Å². The van der Waals surface area contributed by atoms with E-state index in [9.17, 15) is 40.7 Å². The van der Waals surface area contributed by atoms with Gasteiger partial charge in [0.25, 0.3) is 5.91 Å². The normalized spacial score (nSPS) is 17.1. The zero-order chi connectivity index (χ0) is 30.5. The van der Waals surface area contributed by atoms with E-state index in [0.717, 1.165) is 17.4 Å². The quantitative estimate of drug-likeness (QED) is 0.291. The lowest BCUT2D eigenvalue weighted by molar-refractivity contribution is -0.143. The van der Waals surface area contributed by atoms with Gasteiger partial charge in [0, 0.05) is 25.2 Å². The molecule has 0 radical (unpaired) electrons. The van der Waals surface area contributed by atoms with Crippen molar-refractivity contribution in [3.05, 3.63) is 80.8 Å². The van der Waals surface area contributed by atoms with Crippen LogP contribution >= 0.6 is 23.2 Å². The molecule has 1 saturated heterocycles. The van der Waals surface area contributed by atoms with Gasteiger partial charge in [-0.15, -0.1) is 0 Å². The van der Waals surface area contributed by atoms with E-state index >= 15 is 0 Å². The summed E-state index contributed by atoms with van der Waals surface area (Å²) in [6.07, 6.45) is -6.14. The van der Waals surface area contributed by atoms with Crippen LogP contribution in [-0.2, 0) is 28.4 Å². The maximum atomic E-state index is 13.4. The lowest BCUT2D eigenvalue weighted by atomic mass is 10.0. The summed E-state index contributed by atoms with van der Waals surface area (Å²) in [4.78, 5) is 39.0. The molecule has 3 rings (SSSR count). The SMILES string of the molecule is CN(C(=O)c1cc(C(F)(F)F)cc(C(F)(F)F)c1)[C@@H](/C=C/C(=O)N[C@H]1CCCCNC1=O)Cc1ccc(Cl)c(Cl)c1. The number of benzene rings is 2. The average Bonchev–Trinajstić information content (AvgIpc) is 3.10. The fourth-order valence-electron chi connectivity index (χ4n) is 4.17. The van der Waals surface area contributed by atoms with Gasteiger partial charge in [-0.1, -0.05) is 35.3 Å². The standard InChI is InChI=1S/C27H25Cl2F6N3O3/c1-38(25(41)16-12-17(26(30,31)32)14-18(13-16)27(33,34)35)19(10-15-5-7-20(28)21(29)11-15)6-8-23(39)37-22-4-2-3-9-36-24(22)40/h5-8,11-14,19,22H,2-4,9-10H2,1H3,(H,36,40)(H,37,39)/b8-6+/t19-,22-/m0/s1. The third kappa shape index (κ3) is 8.87. The van der Waals surface area contributed by atoms with E-state index in [4.69, 9.17) is 23.2 Å². The Morgan fingerprint density at radius 1 is 1.02 bits per heavy atom. The molecular weight excluding hydrogens is 599 g/mol. The van der Waals surface area contributed by atoms with Crippen LogP contribution in [0, 0.1) is 0 Å². The second-order valence-corrected chi connectivity index (χ2v) is 10.3. The van der Waals surface area contributed by atoms with Crippen LogP contribution in [0.4, 0.5) is 26.3 Å². The van der Waals surface area contributed by atoms with Crippen molar-refractivity contribution in [1.82, 2.24) is 15.5 Å². The van der Waals surface area contributed by atoms with E-state index in [1.54, 1.807) is 6.07 Å². The van der Waals surface area contributed by atoms with Crippen LogP contribution in [0.5, 0.6) is 0 Å². The van der Waals surface area contributed by atoms with Crippen molar-refractivity contribution >= 4 is 40.9 Å². The maximum Gasteiger partial charge on any atom is 0.416 e. The number of likely N-dealkylation sites (N-methyl/N-ethyl adjacent to an activating group) is 1. The van der Waals surface area contributed by atoms with Crippen LogP contribution in [0.2, 0.25) is 10.0 Å². The Balaban J connectivity index is 1.94. The molecule has 0 spiro atoms. The smallest absolute Gasteiger partial charge is 0.354 e. The van der Waals surface area contributed by atoms with Gasteiger partial charge in [0.15, 0.2) is 0 Å². The Kier molecular flexibility index (Phi) is 10.4. The molecule has 0 aliphatic carbocycles. The van der Waals surface area contributed by atoms with Crippen LogP contribution in [0.25, 0.3) is 0 Å². The van der Waals surface area contributed by atoms with E-state index in [0.29, 0.717) is 37.1 Å². The number of carbonyl (C=O) groups is 3. The molecule has 0 bridgehead atoms. The molecule has 1 aliphatic rings. The first kappa shape index (κ1) is 32.3. The summed E-state index contributed by atoms with van der Waals surface area (Å²) in [6.45, 7) is 0.477. The van der Waals surface area contributed by atoms with Crippen molar-refractivity contribution in [2.24, 2.45) is 0 Å². The predicted octanol–water partition coefficient (Wildman–Crippen LogP) is 6.06. The first-order valence-electron chi connectivity index (χ1n) is 12.3. The molecule has 2 N–H and O–H groups in total. The van der Waals surface area contributed by atoms with E-state index < -0.39 is 52.9 Å². The molecule has 0 aromatic heterocycles. The van der Waals surface area contributed by atoms with E-state index in [1.807, 2.05) is 0 Å². The molecule has 14 heteroatoms. The zero-order valence-corrected chi connectivity index (χ0v) is 23.0. The molecular formula is C27H25Cl2F6N3O3. The van der Waals surface area contributed by atoms with Gasteiger partial charge in [-0.3, -0.25) is 14.4 Å². The molecule has 3 amide bonds. The molecule has 2 aromatic carbocycles. The highest BCUT2D eigenvalue weighted by atomic mass is 35.5. The third-order valence-corrected chi connectivity index (χ3v) is 7.14. The topological polar surface area (TPSA) is 78.5 Å². The van der Waals surface area contributed by atoms with Gasteiger partial charge in [0.2, 0.25) is 11.8 Å². The van der Waals surface area contributed by atoms with Gasteiger partial charge < -0.3 is 15.5 Å². The number of alkyl halides is 6. The van der Waals surface area contributed by atoms with Gasteiger partial charge in [0.1, 0.15) is 6.04 Å². The van der Waals surface area contributed by atoms with E-state index in [1.165, 1.54) is 25.3 Å². The van der Waals surface area contributed by atoms with E-state index in [2.05, 4.69) is 10.6 Å². The van der Waals surface area contributed by atoms with Gasteiger partial charge >= 0.3 is 12.4 Å². The second kappa shape index (κ2) is 13.2. The average molecular weight is 624 g/mol. The fourth-order valence-corrected chi connectivity index (χ4v) is 4.49. The van der Waals surface area contributed by atoms with Gasteiger partial charge in [-0.25, -0.2) is 0 Å². The molecule has 1 aliphatic heterocycles. The number of carbonyl (C=O) groups excluding carboxylic acids is 3. The highest BCUT2D eigenvalue weighted by Gasteiger charge is 2.38. The summed E-state index contributed by atoms with van der Waals surface area (Å²) in [7, 11) is 1.18. The Morgan fingerprint density at radius 3 is 2.24 bits per heavy atom. The maximum absolute atomic E-state index is 13.4. The summed E-state index contributed by atoms with van der Waals surface area (Å²) in [6, 6.07) is 3.31. The number of amides is 3. The highest BCUT2D eigenvalue weighted by Crippen LogP contribution is 2.36. The second-order valence-electron chi connectivity index (χ2n) is 9.44. The van der Waals surface area contributed by atoms with Crippen molar-refractivity contribution in [3.63, 3.8) is 0 Å². The lowest BCUT2D eigenvalue weighted by Crippen LogP contribution is -2.45. The molecule has 0 saturated carbocycles. The molecule has 222 valence electrons. The molecule has 2 aromatic rings. The third-order valence-electron chi connectivity index (χ3n) is 6.40. The molecule has 2 atom stereocenters. The summed E-state index contributed by atoms with van der Waals surface area (Å²) < 4.78 is 80.2. The van der Waals surface area contributed by atoms with Crippen LogP contribution in [0.1, 0.15) is 46.3 Å². The van der Waals surface area contributed by atoms with Gasteiger partial charge in [-0.05, 0) is 61.6 Å². The Labute approximate surface area is 241 Å². The van der Waals surface area contributed by atoms with Crippen LogP contribution in [-0.4, -0.2) is 48.3 Å². The first-order valence-corrected chi connectivity index (χ1v) is 13.1. The fraction of sp³-hybridized carbons (Fsp3) is 0.370. The summed E-state index contributed by atoms with van der Waals surface area (Å²) in [5.41, 5.74) is -3.61. The number of hydrogen-bond acceptors (Lipinski definition) is 3. The summed E-state index contributed by atoms with van der Waals surface area (Å²) >= 11 is 12.0. The number of halogens is 8. The molecule has 6 nitrogen and oxygen atoms in total. The van der Waals surface area contributed by atoms with Crippen molar-refractivity contribution in [2.75, 3.05) is 13.6 Å². The molecule has 1 heterocycles. The highest BCUT2D eigenvalue weighted by molar-refractivity contribution is 6.42. The monoisotopic (exact) mass is 623 g/mol. The summed E-state index contributed by atoms with van der Waals surface area (Å²) in [5.74, 6) is -2.18. The minimum absolute atomic E-state index is 0.0298. The summed E-state index contributed by atoms with van der Waals surface area (Å²) in [5, 5.41) is 5.64. The van der Waals surface area contributed by atoms with Crippen molar-refractivity contribution in [3.8, 4) is 0 Å². The number of hydrogen-bond donors (Lipinski definition) is 2. The van der Waals surface area contributed by atoms with Crippen molar-refractivity contribution in [2.45, 2.75) is 50.1 Å². The molecule has 1 fully saturated rings. The molecule has 0 unspecified atom stereocenters. The van der Waals surface area contributed by atoms with Crippen molar-refractivity contribution in [1.29, 1.82) is 0 Å². The van der Waals surface area contributed by atoms with Crippen LogP contribution in [0.3, 0.4) is 0 Å². The molecule has 41 heavy (non-hydrogen) atoms. The van der Waals surface area contributed by atoms with Gasteiger partial charge in [0.05, 0.1) is 27.2 Å². The number of nitrogens with one attached hydrogen (secondary N) is 2. The van der Waals surface area contributed by atoms with Crippen LogP contribution in [0.15, 0.2) is 48.6 Å². The zero-order valence-electron chi connectivity index (χ0n) is 21.5. The predicted molar refractivity (Wildman–Crippen MR) is 140 cm³/mol. The first-order chi connectivity index (χ1) is 19.1. The Hall–Kier alpha value is -3.25. The minimum Gasteiger partial charge on any atom is -0.354 e. The largest absolute Gasteiger partial charge is 0.416 e. The van der Waals surface area contributed by atoms with E-state index in [-0.39, 0.29) is 28.4 Å². The minimum atomic E-state index is -5.14. The van der Waals surface area contributed by atoms with Crippen LogP contribution < -0.4 is 10.6 Å². The van der Waals surface area contributed by atoms with Gasteiger partial charge in [-0.2, -0.15) is 26.3 Å².